The summed E-state index contributed by atoms with van der Waals surface area (Å²) in [5.41, 5.74) is 2.34. The van der Waals surface area contributed by atoms with Crippen molar-refractivity contribution in [2.75, 3.05) is 31.6 Å². The molecule has 0 aliphatic carbocycles. The highest BCUT2D eigenvalue weighted by molar-refractivity contribution is 7.80. The van der Waals surface area contributed by atoms with Gasteiger partial charge in [-0.25, -0.2) is 0 Å². The number of nitrogens with zero attached hydrogens (tertiary/aromatic N) is 1. The first kappa shape index (κ1) is 20.0. The number of anilines is 1. The van der Waals surface area contributed by atoms with Gasteiger partial charge in [-0.05, 0) is 42.4 Å². The van der Waals surface area contributed by atoms with Crippen LogP contribution in [-0.4, -0.2) is 48.1 Å². The summed E-state index contributed by atoms with van der Waals surface area (Å²) in [4.78, 5) is 26.4. The Hall–Kier alpha value is -2.77. The predicted molar refractivity (Wildman–Crippen MR) is 112 cm³/mol. The van der Waals surface area contributed by atoms with Crippen LogP contribution >= 0.6 is 12.2 Å². The van der Waals surface area contributed by atoms with E-state index in [0.717, 1.165) is 5.56 Å². The van der Waals surface area contributed by atoms with Gasteiger partial charge in [-0.1, -0.05) is 36.4 Å². The van der Waals surface area contributed by atoms with Crippen LogP contribution in [0.2, 0.25) is 0 Å². The third kappa shape index (κ3) is 5.87. The Morgan fingerprint density at radius 3 is 2.54 bits per heavy atom. The number of thiocarbonyl (C=S) groups is 1. The summed E-state index contributed by atoms with van der Waals surface area (Å²) >= 11 is 5.22. The SMILES string of the molecule is O=C(CCc1ccccc1)NC(=S)Nc1cccc(C(=O)N2CCOCC2)c1. The lowest BCUT2D eigenvalue weighted by Gasteiger charge is -2.27. The van der Waals surface area contributed by atoms with E-state index in [0.29, 0.717) is 50.4 Å². The van der Waals surface area contributed by atoms with E-state index in [1.54, 1.807) is 29.2 Å². The number of aryl methyl sites for hydroxylation is 1. The molecule has 0 aromatic heterocycles. The standard InChI is InChI=1S/C21H23N3O3S/c25-19(10-9-16-5-2-1-3-6-16)23-21(28)22-18-8-4-7-17(15-18)20(26)24-11-13-27-14-12-24/h1-8,15H,9-14H2,(H2,22,23,25,28). The maximum Gasteiger partial charge on any atom is 0.254 e. The molecule has 0 unspecified atom stereocenters. The minimum Gasteiger partial charge on any atom is -0.378 e. The van der Waals surface area contributed by atoms with Crippen LogP contribution in [-0.2, 0) is 16.0 Å². The number of amides is 2. The first-order valence-corrected chi connectivity index (χ1v) is 9.64. The molecular formula is C21H23N3O3S. The summed E-state index contributed by atoms with van der Waals surface area (Å²) in [6.07, 6.45) is 1.00. The van der Waals surface area contributed by atoms with E-state index in [2.05, 4.69) is 10.6 Å². The number of nitrogens with one attached hydrogen (secondary N) is 2. The highest BCUT2D eigenvalue weighted by atomic mass is 32.1. The topological polar surface area (TPSA) is 70.7 Å². The van der Waals surface area contributed by atoms with Crippen LogP contribution in [0.1, 0.15) is 22.3 Å². The second-order valence-corrected chi connectivity index (χ2v) is 6.88. The molecule has 0 spiro atoms. The van der Waals surface area contributed by atoms with Gasteiger partial charge in [0.1, 0.15) is 0 Å². The van der Waals surface area contributed by atoms with E-state index in [1.807, 2.05) is 30.3 Å². The third-order valence-electron chi connectivity index (χ3n) is 4.40. The number of morpholine rings is 1. The van der Waals surface area contributed by atoms with Crippen LogP contribution in [0.25, 0.3) is 0 Å². The fourth-order valence-electron chi connectivity index (χ4n) is 2.93. The smallest absolute Gasteiger partial charge is 0.254 e. The van der Waals surface area contributed by atoms with E-state index in [1.165, 1.54) is 0 Å². The number of benzene rings is 2. The van der Waals surface area contributed by atoms with Crippen LogP contribution in [0.3, 0.4) is 0 Å². The number of carbonyl (C=O) groups is 2. The van der Waals surface area contributed by atoms with Crippen LogP contribution in [0.5, 0.6) is 0 Å². The van der Waals surface area contributed by atoms with Gasteiger partial charge in [-0.3, -0.25) is 9.59 Å². The summed E-state index contributed by atoms with van der Waals surface area (Å²) in [5.74, 6) is -0.188. The average molecular weight is 398 g/mol. The van der Waals surface area contributed by atoms with Crippen molar-refractivity contribution in [3.63, 3.8) is 0 Å². The lowest BCUT2D eigenvalue weighted by molar-refractivity contribution is -0.119. The Labute approximate surface area is 169 Å². The minimum absolute atomic E-state index is 0.0373. The van der Waals surface area contributed by atoms with Crippen molar-refractivity contribution in [1.29, 1.82) is 0 Å². The molecule has 1 fully saturated rings. The molecule has 6 nitrogen and oxygen atoms in total. The van der Waals surface area contributed by atoms with Crippen LogP contribution in [0.4, 0.5) is 5.69 Å². The van der Waals surface area contributed by atoms with Crippen LogP contribution < -0.4 is 10.6 Å². The minimum atomic E-state index is -0.151. The third-order valence-corrected chi connectivity index (χ3v) is 4.61. The highest BCUT2D eigenvalue weighted by Gasteiger charge is 2.18. The van der Waals surface area contributed by atoms with E-state index >= 15 is 0 Å². The van der Waals surface area contributed by atoms with Gasteiger partial charge in [0.15, 0.2) is 5.11 Å². The van der Waals surface area contributed by atoms with Gasteiger partial charge >= 0.3 is 0 Å². The molecule has 3 rings (SSSR count). The number of ether oxygens (including phenoxy) is 1. The fourth-order valence-corrected chi connectivity index (χ4v) is 3.16. The number of hydrogen-bond acceptors (Lipinski definition) is 4. The van der Waals surface area contributed by atoms with Crippen molar-refractivity contribution in [2.24, 2.45) is 0 Å². The fraction of sp³-hybridized carbons (Fsp3) is 0.286. The molecule has 7 heteroatoms. The zero-order valence-electron chi connectivity index (χ0n) is 15.5. The summed E-state index contributed by atoms with van der Waals surface area (Å²) in [6.45, 7) is 2.30. The molecule has 146 valence electrons. The lowest BCUT2D eigenvalue weighted by Crippen LogP contribution is -2.40. The Morgan fingerprint density at radius 1 is 1.04 bits per heavy atom. The Balaban J connectivity index is 1.51. The van der Waals surface area contributed by atoms with Crippen molar-refractivity contribution in [3.8, 4) is 0 Å². The van der Waals surface area contributed by atoms with E-state index in [9.17, 15) is 9.59 Å². The van der Waals surface area contributed by atoms with Gasteiger partial charge in [-0.2, -0.15) is 0 Å². The van der Waals surface area contributed by atoms with E-state index in [-0.39, 0.29) is 16.9 Å². The molecule has 2 amide bonds. The zero-order valence-corrected chi connectivity index (χ0v) is 16.3. The monoisotopic (exact) mass is 397 g/mol. The number of hydrogen-bond donors (Lipinski definition) is 2. The first-order chi connectivity index (χ1) is 13.6. The molecular weight excluding hydrogens is 374 g/mol. The second-order valence-electron chi connectivity index (χ2n) is 6.47. The largest absolute Gasteiger partial charge is 0.378 e. The van der Waals surface area contributed by atoms with Gasteiger partial charge in [-0.15, -0.1) is 0 Å². The Bertz CT molecular complexity index is 836. The second kappa shape index (κ2) is 9.96. The Morgan fingerprint density at radius 2 is 1.79 bits per heavy atom. The van der Waals surface area contributed by atoms with Crippen LogP contribution in [0.15, 0.2) is 54.6 Å². The summed E-state index contributed by atoms with van der Waals surface area (Å²) < 4.78 is 5.28. The van der Waals surface area contributed by atoms with Gasteiger partial charge in [0.05, 0.1) is 13.2 Å². The summed E-state index contributed by atoms with van der Waals surface area (Å²) in [7, 11) is 0. The molecule has 1 aliphatic rings. The van der Waals surface area contributed by atoms with Gasteiger partial charge in [0.2, 0.25) is 5.91 Å². The van der Waals surface area contributed by atoms with Gasteiger partial charge in [0.25, 0.3) is 5.91 Å². The van der Waals surface area contributed by atoms with Crippen LogP contribution in [0, 0.1) is 0 Å². The molecule has 0 bridgehead atoms. The number of carbonyl (C=O) groups excluding carboxylic acids is 2. The molecule has 0 radical (unpaired) electrons. The Kier molecular flexibility index (Phi) is 7.11. The number of rotatable bonds is 5. The molecule has 2 N–H and O–H groups in total. The van der Waals surface area contributed by atoms with E-state index in [4.69, 9.17) is 17.0 Å². The summed E-state index contributed by atoms with van der Waals surface area (Å²) in [6, 6.07) is 16.9. The predicted octanol–water partition coefficient (Wildman–Crippen LogP) is 2.60. The van der Waals surface area contributed by atoms with Gasteiger partial charge < -0.3 is 20.3 Å². The molecule has 0 saturated carbocycles. The first-order valence-electron chi connectivity index (χ1n) is 9.23. The molecule has 1 heterocycles. The maximum atomic E-state index is 12.6. The highest BCUT2D eigenvalue weighted by Crippen LogP contribution is 2.14. The zero-order chi connectivity index (χ0) is 19.8. The van der Waals surface area contributed by atoms with E-state index < -0.39 is 0 Å². The van der Waals surface area contributed by atoms with Crippen molar-refractivity contribution in [1.82, 2.24) is 10.2 Å². The average Bonchev–Trinajstić information content (AvgIpc) is 2.73. The summed E-state index contributed by atoms with van der Waals surface area (Å²) in [5, 5.41) is 5.87. The lowest BCUT2D eigenvalue weighted by atomic mass is 10.1. The normalized spacial score (nSPS) is 13.6. The van der Waals surface area contributed by atoms with Crippen molar-refractivity contribution in [2.45, 2.75) is 12.8 Å². The maximum absolute atomic E-state index is 12.6. The molecule has 2 aromatic rings. The molecule has 0 atom stereocenters. The quantitative estimate of drug-likeness (QED) is 0.759. The molecule has 1 saturated heterocycles. The molecule has 2 aromatic carbocycles. The van der Waals surface area contributed by atoms with Crippen molar-refractivity contribution in [3.05, 3.63) is 65.7 Å². The van der Waals surface area contributed by atoms with Gasteiger partial charge in [0, 0.05) is 30.8 Å². The molecule has 1 aliphatic heterocycles. The van der Waals surface area contributed by atoms with Crippen molar-refractivity contribution >= 4 is 34.8 Å². The molecule has 28 heavy (non-hydrogen) atoms. The van der Waals surface area contributed by atoms with Crippen molar-refractivity contribution < 1.29 is 14.3 Å².